The highest BCUT2D eigenvalue weighted by Gasteiger charge is 2.13. The number of hydrogen-bond donors (Lipinski definition) is 4. The van der Waals surface area contributed by atoms with E-state index in [2.05, 4.69) is 31.3 Å². The van der Waals surface area contributed by atoms with Crippen LogP contribution in [0.3, 0.4) is 0 Å². The molecule has 2 aromatic heterocycles. The Bertz CT molecular complexity index is 588. The second-order valence-electron chi connectivity index (χ2n) is 5.43. The number of nitrogens with zero attached hydrogens (tertiary/aromatic N) is 3. The average molecular weight is 277 g/mol. The maximum atomic E-state index is 6.02. The molecule has 2 aromatic rings. The van der Waals surface area contributed by atoms with Gasteiger partial charge in [-0.2, -0.15) is 0 Å². The van der Waals surface area contributed by atoms with E-state index < -0.39 is 0 Å². The summed E-state index contributed by atoms with van der Waals surface area (Å²) in [5.74, 6) is 2.21. The maximum Gasteiger partial charge on any atom is 0.175 e. The van der Waals surface area contributed by atoms with Crippen LogP contribution in [0.5, 0.6) is 0 Å². The number of nitrogens with two attached hydrogens (primary N) is 1. The summed E-state index contributed by atoms with van der Waals surface area (Å²) in [4.78, 5) is 8.19. The number of nitrogen functional groups attached to an aromatic ring is 1. The zero-order valence-corrected chi connectivity index (χ0v) is 12.0. The molecule has 108 valence electrons. The third kappa shape index (κ3) is 3.58. The van der Waals surface area contributed by atoms with E-state index in [4.69, 9.17) is 10.3 Å². The number of rotatable bonds is 4. The summed E-state index contributed by atoms with van der Waals surface area (Å²) in [6.45, 7) is 7.87. The minimum atomic E-state index is -0.117. The molecule has 0 aromatic carbocycles. The van der Waals surface area contributed by atoms with Gasteiger partial charge in [0.15, 0.2) is 17.5 Å². The summed E-state index contributed by atoms with van der Waals surface area (Å²) in [5, 5.41) is 6.81. The van der Waals surface area contributed by atoms with Gasteiger partial charge in [-0.05, 0) is 27.7 Å². The molecule has 0 aliphatic carbocycles. The highest BCUT2D eigenvalue weighted by Crippen LogP contribution is 2.25. The van der Waals surface area contributed by atoms with Crippen LogP contribution in [0.1, 0.15) is 26.5 Å². The average Bonchev–Trinajstić information content (AvgIpc) is 2.75. The SMILES string of the molecule is Cc1cc(Nc2ncnc(NNC(C)(C)C)c2N)no1. The van der Waals surface area contributed by atoms with Crippen LogP contribution >= 0.6 is 0 Å². The molecule has 0 atom stereocenters. The number of nitrogens with one attached hydrogen (secondary N) is 3. The predicted octanol–water partition coefficient (Wildman–Crippen LogP) is 1.81. The molecule has 0 aliphatic heterocycles. The van der Waals surface area contributed by atoms with Crippen molar-refractivity contribution in [3.05, 3.63) is 18.2 Å². The molecular formula is C12H19N7O. The van der Waals surface area contributed by atoms with E-state index in [0.717, 1.165) is 0 Å². The molecule has 0 bridgehead atoms. The van der Waals surface area contributed by atoms with E-state index in [1.165, 1.54) is 6.33 Å². The van der Waals surface area contributed by atoms with Crippen molar-refractivity contribution in [1.82, 2.24) is 20.6 Å². The van der Waals surface area contributed by atoms with E-state index in [0.29, 0.717) is 28.9 Å². The Kier molecular flexibility index (Phi) is 3.75. The summed E-state index contributed by atoms with van der Waals surface area (Å²) in [6.07, 6.45) is 1.41. The molecule has 20 heavy (non-hydrogen) atoms. The van der Waals surface area contributed by atoms with Gasteiger partial charge in [-0.1, -0.05) is 5.16 Å². The van der Waals surface area contributed by atoms with Crippen molar-refractivity contribution in [2.24, 2.45) is 0 Å². The Hall–Kier alpha value is -2.35. The van der Waals surface area contributed by atoms with Crippen LogP contribution in [0.25, 0.3) is 0 Å². The minimum Gasteiger partial charge on any atom is -0.393 e. The smallest absolute Gasteiger partial charge is 0.175 e. The van der Waals surface area contributed by atoms with Crippen molar-refractivity contribution >= 4 is 23.1 Å². The summed E-state index contributed by atoms with van der Waals surface area (Å²) in [5.41, 5.74) is 12.4. The minimum absolute atomic E-state index is 0.117. The summed E-state index contributed by atoms with van der Waals surface area (Å²) in [6, 6.07) is 1.75. The first-order valence-corrected chi connectivity index (χ1v) is 6.19. The quantitative estimate of drug-likeness (QED) is 0.626. The van der Waals surface area contributed by atoms with Crippen molar-refractivity contribution < 1.29 is 4.52 Å². The zero-order valence-electron chi connectivity index (χ0n) is 12.0. The van der Waals surface area contributed by atoms with Crippen LogP contribution in [-0.4, -0.2) is 20.7 Å². The van der Waals surface area contributed by atoms with Gasteiger partial charge in [-0.3, -0.25) is 0 Å². The second-order valence-corrected chi connectivity index (χ2v) is 5.43. The molecule has 0 amide bonds. The van der Waals surface area contributed by atoms with Crippen molar-refractivity contribution in [3.63, 3.8) is 0 Å². The number of anilines is 4. The van der Waals surface area contributed by atoms with Gasteiger partial charge in [0.05, 0.1) is 0 Å². The molecule has 0 aliphatic rings. The fraction of sp³-hybridized carbons (Fsp3) is 0.417. The lowest BCUT2D eigenvalue weighted by Gasteiger charge is -2.22. The van der Waals surface area contributed by atoms with Gasteiger partial charge in [0, 0.05) is 11.6 Å². The van der Waals surface area contributed by atoms with Gasteiger partial charge in [0.1, 0.15) is 17.8 Å². The fourth-order valence-corrected chi connectivity index (χ4v) is 1.39. The van der Waals surface area contributed by atoms with Crippen molar-refractivity contribution in [3.8, 4) is 0 Å². The second kappa shape index (κ2) is 5.33. The fourth-order valence-electron chi connectivity index (χ4n) is 1.39. The Labute approximate surface area is 117 Å². The Balaban J connectivity index is 2.14. The molecule has 0 unspecified atom stereocenters. The lowest BCUT2D eigenvalue weighted by Crippen LogP contribution is -2.40. The first kappa shape index (κ1) is 14.1. The first-order valence-electron chi connectivity index (χ1n) is 6.19. The normalized spacial score (nSPS) is 11.4. The van der Waals surface area contributed by atoms with Gasteiger partial charge in [-0.25, -0.2) is 15.4 Å². The molecule has 0 fully saturated rings. The van der Waals surface area contributed by atoms with Crippen LogP contribution in [0, 0.1) is 6.92 Å². The van der Waals surface area contributed by atoms with Crippen LogP contribution in [0.2, 0.25) is 0 Å². The van der Waals surface area contributed by atoms with E-state index in [1.54, 1.807) is 6.07 Å². The van der Waals surface area contributed by atoms with Crippen molar-refractivity contribution in [2.45, 2.75) is 33.2 Å². The molecule has 0 saturated heterocycles. The Morgan fingerprint density at radius 2 is 1.90 bits per heavy atom. The van der Waals surface area contributed by atoms with Crippen LogP contribution in [0.15, 0.2) is 16.9 Å². The standard InChI is InChI=1S/C12H19N7O/c1-7-5-8(18-20-7)16-10-9(13)11(15-6-14-10)17-19-12(2,3)4/h5-6,19H,13H2,1-4H3,(H2,14,15,16,17,18). The van der Waals surface area contributed by atoms with E-state index in [-0.39, 0.29) is 5.54 Å². The molecule has 5 N–H and O–H groups in total. The Morgan fingerprint density at radius 3 is 2.50 bits per heavy atom. The maximum absolute atomic E-state index is 6.02. The van der Waals surface area contributed by atoms with Crippen LogP contribution in [0.4, 0.5) is 23.1 Å². The number of hydrazine groups is 1. The number of aromatic nitrogens is 3. The molecule has 0 radical (unpaired) electrons. The summed E-state index contributed by atoms with van der Waals surface area (Å²) >= 11 is 0. The Morgan fingerprint density at radius 1 is 1.20 bits per heavy atom. The van der Waals surface area contributed by atoms with Gasteiger partial charge in [0.25, 0.3) is 0 Å². The molecule has 2 rings (SSSR count). The summed E-state index contributed by atoms with van der Waals surface area (Å²) in [7, 11) is 0. The molecular weight excluding hydrogens is 258 g/mol. The largest absolute Gasteiger partial charge is 0.393 e. The molecule has 8 heteroatoms. The van der Waals surface area contributed by atoms with E-state index in [1.807, 2.05) is 27.7 Å². The lowest BCUT2D eigenvalue weighted by atomic mass is 10.1. The van der Waals surface area contributed by atoms with Crippen molar-refractivity contribution in [2.75, 3.05) is 16.5 Å². The van der Waals surface area contributed by atoms with Gasteiger partial charge in [0.2, 0.25) is 0 Å². The third-order valence-electron chi connectivity index (χ3n) is 2.31. The van der Waals surface area contributed by atoms with Gasteiger partial charge in [-0.15, -0.1) is 0 Å². The van der Waals surface area contributed by atoms with Gasteiger partial charge < -0.3 is 21.0 Å². The van der Waals surface area contributed by atoms with E-state index in [9.17, 15) is 0 Å². The van der Waals surface area contributed by atoms with E-state index >= 15 is 0 Å². The monoisotopic (exact) mass is 277 g/mol. The molecule has 2 heterocycles. The number of aryl methyl sites for hydroxylation is 1. The first-order chi connectivity index (χ1) is 9.35. The third-order valence-corrected chi connectivity index (χ3v) is 2.31. The molecule has 0 spiro atoms. The lowest BCUT2D eigenvalue weighted by molar-refractivity contribution is 0.400. The molecule has 8 nitrogen and oxygen atoms in total. The zero-order chi connectivity index (χ0) is 14.8. The van der Waals surface area contributed by atoms with Crippen LogP contribution in [-0.2, 0) is 0 Å². The topological polar surface area (TPSA) is 114 Å². The number of hydrogen-bond acceptors (Lipinski definition) is 8. The highest BCUT2D eigenvalue weighted by molar-refractivity contribution is 5.76. The predicted molar refractivity (Wildman–Crippen MR) is 77.5 cm³/mol. The van der Waals surface area contributed by atoms with Crippen LogP contribution < -0.4 is 21.9 Å². The summed E-state index contributed by atoms with van der Waals surface area (Å²) < 4.78 is 4.97. The van der Waals surface area contributed by atoms with Gasteiger partial charge >= 0.3 is 0 Å². The highest BCUT2D eigenvalue weighted by atomic mass is 16.5. The van der Waals surface area contributed by atoms with Crippen molar-refractivity contribution in [1.29, 1.82) is 0 Å². The molecule has 0 saturated carbocycles.